The van der Waals surface area contributed by atoms with Crippen LogP contribution in [0, 0.1) is 17.1 Å². The Morgan fingerprint density at radius 3 is 2.59 bits per heavy atom. The van der Waals surface area contributed by atoms with Crippen molar-refractivity contribution in [2.45, 2.75) is 19.5 Å². The smallest absolute Gasteiger partial charge is 0.274 e. The van der Waals surface area contributed by atoms with Gasteiger partial charge in [0.05, 0.1) is 18.4 Å². The van der Waals surface area contributed by atoms with Crippen LogP contribution in [0.3, 0.4) is 0 Å². The first-order valence-electron chi connectivity index (χ1n) is 11.5. The number of amides is 1. The van der Waals surface area contributed by atoms with Crippen LogP contribution in [0.2, 0.25) is 0 Å². The van der Waals surface area contributed by atoms with E-state index in [-0.39, 0.29) is 23.0 Å². The predicted octanol–water partition coefficient (Wildman–Crippen LogP) is 4.53. The van der Waals surface area contributed by atoms with Crippen molar-refractivity contribution in [1.29, 1.82) is 5.26 Å². The highest BCUT2D eigenvalue weighted by atomic mass is 19.1. The number of aromatic nitrogens is 5. The molecule has 0 aliphatic rings. The third kappa shape index (κ3) is 5.26. The minimum absolute atomic E-state index is 0.00382. The van der Waals surface area contributed by atoms with Crippen molar-refractivity contribution in [1.82, 2.24) is 30.5 Å². The molecule has 1 unspecified atom stereocenters. The molecule has 37 heavy (non-hydrogen) atoms. The van der Waals surface area contributed by atoms with Crippen molar-refractivity contribution in [3.63, 3.8) is 0 Å². The minimum atomic E-state index is -0.499. The molecule has 9 nitrogen and oxygen atoms in total. The zero-order valence-electron chi connectivity index (χ0n) is 19.7. The van der Waals surface area contributed by atoms with E-state index in [0.29, 0.717) is 6.54 Å². The van der Waals surface area contributed by atoms with Gasteiger partial charge in [-0.1, -0.05) is 36.4 Å². The van der Waals surface area contributed by atoms with E-state index in [9.17, 15) is 14.4 Å². The van der Waals surface area contributed by atoms with Crippen molar-refractivity contribution >= 4 is 22.8 Å². The van der Waals surface area contributed by atoms with Gasteiger partial charge in [0.1, 0.15) is 11.9 Å². The van der Waals surface area contributed by atoms with E-state index >= 15 is 0 Å². The molecule has 2 aromatic carbocycles. The van der Waals surface area contributed by atoms with E-state index in [1.54, 1.807) is 31.5 Å². The molecule has 3 aromatic heterocycles. The fourth-order valence-corrected chi connectivity index (χ4v) is 3.83. The largest absolute Gasteiger partial charge is 0.364 e. The standard InChI is InChI=1S/C27H21FN8O/c1-16(18-6-8-22(28)9-7-18)34-27(37)24-26(32-15-23(11-29)35-24)30-12-17-2-4-19(5-3-17)20-10-21-14-33-36-25(21)31-13-20/h2-10,13-16H,12H2,1H3,(H,30,32)(H,34,37)(H,31,33,36). The van der Waals surface area contributed by atoms with E-state index in [1.807, 2.05) is 36.4 Å². The zero-order valence-corrected chi connectivity index (χ0v) is 19.7. The summed E-state index contributed by atoms with van der Waals surface area (Å²) in [6.07, 6.45) is 4.83. The van der Waals surface area contributed by atoms with Gasteiger partial charge >= 0.3 is 0 Å². The van der Waals surface area contributed by atoms with Crippen molar-refractivity contribution in [3.05, 3.63) is 102 Å². The van der Waals surface area contributed by atoms with Gasteiger partial charge in [0.25, 0.3) is 5.91 Å². The van der Waals surface area contributed by atoms with Gasteiger partial charge in [-0.25, -0.2) is 19.3 Å². The molecule has 0 aliphatic carbocycles. The second-order valence-corrected chi connectivity index (χ2v) is 8.39. The summed E-state index contributed by atoms with van der Waals surface area (Å²) in [6.45, 7) is 2.16. The zero-order chi connectivity index (χ0) is 25.8. The number of fused-ring (bicyclic) bond motifs is 1. The summed E-state index contributed by atoms with van der Waals surface area (Å²) in [6, 6.07) is 17.3. The summed E-state index contributed by atoms with van der Waals surface area (Å²) >= 11 is 0. The maximum absolute atomic E-state index is 13.2. The van der Waals surface area contributed by atoms with Crippen LogP contribution in [0.25, 0.3) is 22.2 Å². The molecule has 3 N–H and O–H groups in total. The quantitative estimate of drug-likeness (QED) is 0.304. The predicted molar refractivity (Wildman–Crippen MR) is 136 cm³/mol. The van der Waals surface area contributed by atoms with Crippen LogP contribution in [-0.4, -0.2) is 31.1 Å². The number of anilines is 1. The van der Waals surface area contributed by atoms with Gasteiger partial charge in [0.2, 0.25) is 0 Å². The average molecular weight is 493 g/mol. The van der Waals surface area contributed by atoms with E-state index in [0.717, 1.165) is 33.3 Å². The number of nitriles is 1. The van der Waals surface area contributed by atoms with Crippen LogP contribution in [0.5, 0.6) is 0 Å². The van der Waals surface area contributed by atoms with Gasteiger partial charge in [0, 0.05) is 23.7 Å². The summed E-state index contributed by atoms with van der Waals surface area (Å²) in [7, 11) is 0. The van der Waals surface area contributed by atoms with Gasteiger partial charge in [0.15, 0.2) is 22.9 Å². The molecule has 0 spiro atoms. The molecule has 0 bridgehead atoms. The fourth-order valence-electron chi connectivity index (χ4n) is 3.83. The number of hydrogen-bond acceptors (Lipinski definition) is 7. The highest BCUT2D eigenvalue weighted by Gasteiger charge is 2.19. The molecule has 1 amide bonds. The maximum atomic E-state index is 13.2. The number of H-pyrrole nitrogens is 1. The summed E-state index contributed by atoms with van der Waals surface area (Å²) < 4.78 is 13.2. The Morgan fingerprint density at radius 1 is 1.05 bits per heavy atom. The highest BCUT2D eigenvalue weighted by molar-refractivity contribution is 5.97. The molecule has 5 aromatic rings. The van der Waals surface area contributed by atoms with Gasteiger partial charge in [-0.05, 0) is 41.8 Å². The molecule has 182 valence electrons. The number of carbonyl (C=O) groups is 1. The number of carbonyl (C=O) groups excluding carboxylic acids is 1. The van der Waals surface area contributed by atoms with Crippen LogP contribution in [0.15, 0.2) is 73.2 Å². The molecule has 0 aliphatic heterocycles. The van der Waals surface area contributed by atoms with Crippen molar-refractivity contribution in [2.75, 3.05) is 5.32 Å². The first-order valence-corrected chi connectivity index (χ1v) is 11.5. The number of nitrogens with zero attached hydrogens (tertiary/aromatic N) is 5. The van der Waals surface area contributed by atoms with Crippen LogP contribution in [0.1, 0.15) is 40.3 Å². The van der Waals surface area contributed by atoms with Gasteiger partial charge in [-0.15, -0.1) is 0 Å². The second-order valence-electron chi connectivity index (χ2n) is 8.39. The van der Waals surface area contributed by atoms with E-state index in [1.165, 1.54) is 18.3 Å². The number of benzene rings is 2. The highest BCUT2D eigenvalue weighted by Crippen LogP contribution is 2.23. The SMILES string of the molecule is CC(NC(=O)c1nc(C#N)cnc1NCc1ccc(-c2cnc3[nH]ncc3c2)cc1)c1ccc(F)cc1. The summed E-state index contributed by atoms with van der Waals surface area (Å²) in [5.41, 5.74) is 4.43. The Balaban J connectivity index is 1.30. The number of rotatable bonds is 7. The van der Waals surface area contributed by atoms with Gasteiger partial charge in [-0.3, -0.25) is 9.89 Å². The van der Waals surface area contributed by atoms with Crippen molar-refractivity contribution < 1.29 is 9.18 Å². The number of pyridine rings is 1. The number of halogens is 1. The topological polar surface area (TPSA) is 132 Å². The second kappa shape index (κ2) is 10.2. The number of nitrogens with one attached hydrogen (secondary N) is 3. The molecule has 0 saturated heterocycles. The summed E-state index contributed by atoms with van der Waals surface area (Å²) in [4.78, 5) is 25.8. The normalized spacial score (nSPS) is 11.6. The lowest BCUT2D eigenvalue weighted by atomic mass is 10.0. The number of hydrogen-bond donors (Lipinski definition) is 3. The molecular weight excluding hydrogens is 471 g/mol. The van der Waals surface area contributed by atoms with E-state index in [4.69, 9.17) is 0 Å². The molecule has 3 heterocycles. The minimum Gasteiger partial charge on any atom is -0.364 e. The van der Waals surface area contributed by atoms with Crippen LogP contribution in [-0.2, 0) is 6.54 Å². The molecule has 10 heteroatoms. The van der Waals surface area contributed by atoms with Gasteiger partial charge < -0.3 is 10.6 Å². The Labute approximate surface area is 211 Å². The van der Waals surface area contributed by atoms with E-state index in [2.05, 4.69) is 35.8 Å². The lowest BCUT2D eigenvalue weighted by molar-refractivity contribution is 0.0935. The van der Waals surface area contributed by atoms with Crippen LogP contribution >= 0.6 is 0 Å². The lowest BCUT2D eigenvalue weighted by Gasteiger charge is -2.16. The number of aromatic amines is 1. The Morgan fingerprint density at radius 2 is 1.84 bits per heavy atom. The van der Waals surface area contributed by atoms with Crippen molar-refractivity contribution in [2.24, 2.45) is 0 Å². The maximum Gasteiger partial charge on any atom is 0.274 e. The molecule has 1 atom stereocenters. The first-order chi connectivity index (χ1) is 18.0. The average Bonchev–Trinajstić information content (AvgIpc) is 3.40. The molecule has 0 fully saturated rings. The van der Waals surface area contributed by atoms with Gasteiger partial charge in [-0.2, -0.15) is 10.4 Å². The van der Waals surface area contributed by atoms with E-state index < -0.39 is 11.9 Å². The Hall–Kier alpha value is -5.17. The Kier molecular flexibility index (Phi) is 6.50. The molecular formula is C27H21FN8O. The third-order valence-electron chi connectivity index (χ3n) is 5.86. The third-order valence-corrected chi connectivity index (χ3v) is 5.86. The molecule has 5 rings (SSSR count). The van der Waals surface area contributed by atoms with Crippen LogP contribution < -0.4 is 10.6 Å². The molecule has 0 radical (unpaired) electrons. The monoisotopic (exact) mass is 492 g/mol. The fraction of sp³-hybridized carbons (Fsp3) is 0.111. The van der Waals surface area contributed by atoms with Crippen molar-refractivity contribution in [3.8, 4) is 17.2 Å². The lowest BCUT2D eigenvalue weighted by Crippen LogP contribution is -2.29. The van der Waals surface area contributed by atoms with Crippen LogP contribution in [0.4, 0.5) is 10.2 Å². The molecule has 0 saturated carbocycles. The summed E-state index contributed by atoms with van der Waals surface area (Å²) in [5, 5.41) is 23.0. The first kappa shape index (κ1) is 23.6. The Bertz CT molecular complexity index is 1610. The summed E-state index contributed by atoms with van der Waals surface area (Å²) in [5.74, 6) is -0.604.